The summed E-state index contributed by atoms with van der Waals surface area (Å²) in [5.74, 6) is 1.55. The summed E-state index contributed by atoms with van der Waals surface area (Å²) in [6, 6.07) is 13.8. The zero-order valence-electron chi connectivity index (χ0n) is 15.9. The van der Waals surface area contributed by atoms with E-state index in [-0.39, 0.29) is 11.9 Å². The lowest BCUT2D eigenvalue weighted by Crippen LogP contribution is -2.08. The number of nitrogens with two attached hydrogens (primary N) is 1. The van der Waals surface area contributed by atoms with Crippen LogP contribution < -0.4 is 16.4 Å². The Hall–Kier alpha value is -3.15. The molecule has 0 spiro atoms. The first kappa shape index (κ1) is 18.6. The minimum absolute atomic E-state index is 0.0830. The third-order valence-corrected chi connectivity index (χ3v) is 4.27. The number of rotatable bonds is 6. The van der Waals surface area contributed by atoms with Gasteiger partial charge in [-0.05, 0) is 47.7 Å². The standard InChI is InChI=1S/C21H25N5O/c1-13(2)10-11-23-20-18-12-16(6-9-19(18)25-21(22)26-20)15-4-7-17(8-5-15)24-14(3)27/h4-9,12-13H,10-11H2,1-3H3,(H,24,27)(H3,22,23,25,26). The molecular formula is C21H25N5O. The number of fused-ring (bicyclic) bond motifs is 1. The number of carbonyl (C=O) groups excluding carboxylic acids is 1. The summed E-state index contributed by atoms with van der Waals surface area (Å²) in [5, 5.41) is 7.11. The van der Waals surface area contributed by atoms with Crippen LogP contribution in [0.5, 0.6) is 0 Å². The van der Waals surface area contributed by atoms with E-state index in [1.165, 1.54) is 6.92 Å². The van der Waals surface area contributed by atoms with E-state index in [1.807, 2.05) is 36.4 Å². The molecule has 0 bridgehead atoms. The Labute approximate surface area is 159 Å². The topological polar surface area (TPSA) is 92.9 Å². The van der Waals surface area contributed by atoms with Gasteiger partial charge in [-0.2, -0.15) is 4.98 Å². The summed E-state index contributed by atoms with van der Waals surface area (Å²) in [5.41, 5.74) is 9.56. The zero-order valence-corrected chi connectivity index (χ0v) is 15.9. The van der Waals surface area contributed by atoms with Crippen LogP contribution in [0.2, 0.25) is 0 Å². The minimum Gasteiger partial charge on any atom is -0.369 e. The van der Waals surface area contributed by atoms with E-state index in [4.69, 9.17) is 5.73 Å². The van der Waals surface area contributed by atoms with Crippen LogP contribution in [0.15, 0.2) is 42.5 Å². The molecule has 0 aliphatic carbocycles. The maximum absolute atomic E-state index is 11.2. The average molecular weight is 363 g/mol. The Balaban J connectivity index is 1.93. The first-order chi connectivity index (χ1) is 12.9. The van der Waals surface area contributed by atoms with Crippen molar-refractivity contribution in [2.75, 3.05) is 22.9 Å². The highest BCUT2D eigenvalue weighted by atomic mass is 16.1. The molecule has 0 unspecified atom stereocenters. The highest BCUT2D eigenvalue weighted by molar-refractivity contribution is 5.94. The van der Waals surface area contributed by atoms with Crippen LogP contribution in [-0.4, -0.2) is 22.4 Å². The van der Waals surface area contributed by atoms with E-state index >= 15 is 0 Å². The fourth-order valence-electron chi connectivity index (χ4n) is 2.89. The van der Waals surface area contributed by atoms with Crippen molar-refractivity contribution in [3.8, 4) is 11.1 Å². The molecule has 1 amide bonds. The van der Waals surface area contributed by atoms with Gasteiger partial charge in [0.15, 0.2) is 0 Å². The second-order valence-electron chi connectivity index (χ2n) is 7.03. The van der Waals surface area contributed by atoms with Crippen molar-refractivity contribution < 1.29 is 4.79 Å². The van der Waals surface area contributed by atoms with Gasteiger partial charge in [0.05, 0.1) is 5.52 Å². The fraction of sp³-hybridized carbons (Fsp3) is 0.286. The first-order valence-electron chi connectivity index (χ1n) is 9.11. The predicted molar refractivity (Wildman–Crippen MR) is 112 cm³/mol. The summed E-state index contributed by atoms with van der Waals surface area (Å²) in [7, 11) is 0. The summed E-state index contributed by atoms with van der Waals surface area (Å²) < 4.78 is 0. The third-order valence-electron chi connectivity index (χ3n) is 4.27. The molecule has 6 heteroatoms. The summed E-state index contributed by atoms with van der Waals surface area (Å²) in [6.07, 6.45) is 1.05. The van der Waals surface area contributed by atoms with Gasteiger partial charge >= 0.3 is 0 Å². The Morgan fingerprint density at radius 3 is 2.44 bits per heavy atom. The highest BCUT2D eigenvalue weighted by Gasteiger charge is 2.09. The molecule has 2 aromatic carbocycles. The van der Waals surface area contributed by atoms with E-state index in [0.717, 1.165) is 46.5 Å². The molecule has 0 fully saturated rings. The third kappa shape index (κ3) is 4.73. The van der Waals surface area contributed by atoms with Crippen molar-refractivity contribution in [1.82, 2.24) is 9.97 Å². The van der Waals surface area contributed by atoms with E-state index < -0.39 is 0 Å². The van der Waals surface area contributed by atoms with Gasteiger partial charge < -0.3 is 16.4 Å². The van der Waals surface area contributed by atoms with Crippen molar-refractivity contribution in [3.63, 3.8) is 0 Å². The second kappa shape index (κ2) is 8.03. The Bertz CT molecular complexity index is 951. The number of nitrogen functional groups attached to an aromatic ring is 1. The van der Waals surface area contributed by atoms with E-state index in [9.17, 15) is 4.79 Å². The average Bonchev–Trinajstić information content (AvgIpc) is 2.61. The van der Waals surface area contributed by atoms with Gasteiger partial charge in [0, 0.05) is 24.5 Å². The van der Waals surface area contributed by atoms with E-state index in [1.54, 1.807) is 0 Å². The molecule has 0 saturated carbocycles. The van der Waals surface area contributed by atoms with Gasteiger partial charge in [-0.3, -0.25) is 4.79 Å². The van der Waals surface area contributed by atoms with Gasteiger partial charge in [0.2, 0.25) is 11.9 Å². The number of aromatic nitrogens is 2. The normalized spacial score (nSPS) is 11.0. The van der Waals surface area contributed by atoms with Gasteiger partial charge in [0.25, 0.3) is 0 Å². The Morgan fingerprint density at radius 1 is 1.07 bits per heavy atom. The maximum atomic E-state index is 11.2. The largest absolute Gasteiger partial charge is 0.369 e. The Morgan fingerprint density at radius 2 is 1.78 bits per heavy atom. The van der Waals surface area contributed by atoms with Crippen molar-refractivity contribution in [1.29, 1.82) is 0 Å². The van der Waals surface area contributed by atoms with Gasteiger partial charge in [-0.15, -0.1) is 0 Å². The van der Waals surface area contributed by atoms with Crippen molar-refractivity contribution >= 4 is 34.3 Å². The number of anilines is 3. The first-order valence-corrected chi connectivity index (χ1v) is 9.11. The Kier molecular flexibility index (Phi) is 5.54. The number of hydrogen-bond acceptors (Lipinski definition) is 5. The number of nitrogens with one attached hydrogen (secondary N) is 2. The van der Waals surface area contributed by atoms with Crippen molar-refractivity contribution in [2.45, 2.75) is 27.2 Å². The smallest absolute Gasteiger partial charge is 0.222 e. The van der Waals surface area contributed by atoms with Crippen LogP contribution in [0.4, 0.5) is 17.5 Å². The molecule has 0 aliphatic heterocycles. The lowest BCUT2D eigenvalue weighted by Gasteiger charge is -2.12. The summed E-state index contributed by atoms with van der Waals surface area (Å²) in [4.78, 5) is 19.9. The maximum Gasteiger partial charge on any atom is 0.222 e. The molecule has 3 aromatic rings. The van der Waals surface area contributed by atoms with Crippen molar-refractivity contribution in [2.24, 2.45) is 5.92 Å². The second-order valence-corrected chi connectivity index (χ2v) is 7.03. The molecule has 27 heavy (non-hydrogen) atoms. The predicted octanol–water partition coefficient (Wildman–Crippen LogP) is 4.30. The summed E-state index contributed by atoms with van der Waals surface area (Å²) >= 11 is 0. The lowest BCUT2D eigenvalue weighted by molar-refractivity contribution is -0.114. The molecule has 6 nitrogen and oxygen atoms in total. The highest BCUT2D eigenvalue weighted by Crippen LogP contribution is 2.28. The molecule has 3 rings (SSSR count). The van der Waals surface area contributed by atoms with Crippen LogP contribution >= 0.6 is 0 Å². The fourth-order valence-corrected chi connectivity index (χ4v) is 2.89. The van der Waals surface area contributed by atoms with Crippen LogP contribution in [0.3, 0.4) is 0 Å². The van der Waals surface area contributed by atoms with Crippen molar-refractivity contribution in [3.05, 3.63) is 42.5 Å². The molecule has 1 heterocycles. The van der Waals surface area contributed by atoms with Crippen LogP contribution in [0, 0.1) is 5.92 Å². The van der Waals surface area contributed by atoms with Crippen LogP contribution in [0.1, 0.15) is 27.2 Å². The van der Waals surface area contributed by atoms with Crippen LogP contribution in [0.25, 0.3) is 22.0 Å². The number of nitrogens with zero attached hydrogens (tertiary/aromatic N) is 2. The van der Waals surface area contributed by atoms with Gasteiger partial charge in [0.1, 0.15) is 5.82 Å². The van der Waals surface area contributed by atoms with Gasteiger partial charge in [-0.1, -0.05) is 32.0 Å². The zero-order chi connectivity index (χ0) is 19.4. The number of carbonyl (C=O) groups is 1. The minimum atomic E-state index is -0.0830. The SMILES string of the molecule is CC(=O)Nc1ccc(-c2ccc3nc(N)nc(NCCC(C)C)c3c2)cc1. The summed E-state index contributed by atoms with van der Waals surface area (Å²) in [6.45, 7) is 6.71. The number of amides is 1. The molecule has 0 aliphatic rings. The molecule has 0 atom stereocenters. The van der Waals surface area contributed by atoms with E-state index in [2.05, 4.69) is 40.5 Å². The molecular weight excluding hydrogens is 338 g/mol. The number of benzene rings is 2. The molecule has 1 aromatic heterocycles. The quantitative estimate of drug-likeness (QED) is 0.607. The van der Waals surface area contributed by atoms with Crippen LogP contribution in [-0.2, 0) is 4.79 Å². The molecule has 140 valence electrons. The van der Waals surface area contributed by atoms with E-state index in [0.29, 0.717) is 5.92 Å². The molecule has 0 saturated heterocycles. The van der Waals surface area contributed by atoms with Gasteiger partial charge in [-0.25, -0.2) is 4.98 Å². The molecule has 4 N–H and O–H groups in total. The number of hydrogen-bond donors (Lipinski definition) is 3. The molecule has 0 radical (unpaired) electrons. The monoisotopic (exact) mass is 363 g/mol. The lowest BCUT2D eigenvalue weighted by atomic mass is 10.0.